The van der Waals surface area contributed by atoms with Crippen LogP contribution in [-0.2, 0) is 0 Å². The number of hydrogen-bond acceptors (Lipinski definition) is 9. The number of thiazole rings is 1. The van der Waals surface area contributed by atoms with Crippen molar-refractivity contribution in [2.75, 3.05) is 10.7 Å². The molecule has 0 amide bonds. The van der Waals surface area contributed by atoms with Crippen molar-refractivity contribution in [1.29, 1.82) is 0 Å². The minimum atomic E-state index is -0.182. The van der Waals surface area contributed by atoms with Crippen molar-refractivity contribution in [3.05, 3.63) is 78.4 Å². The molecule has 0 bridgehead atoms. The second-order valence-corrected chi connectivity index (χ2v) is 8.99. The summed E-state index contributed by atoms with van der Waals surface area (Å²) in [6.07, 6.45) is 0. The van der Waals surface area contributed by atoms with Gasteiger partial charge in [0, 0.05) is 9.79 Å². The summed E-state index contributed by atoms with van der Waals surface area (Å²) in [5.74, 6) is -0.182. The standard InChI is InChI=1S/C23H18N6OS2/c1-14(15-11-12-20-18(13-15)24-17-9-5-6-10-19(17)31-20)26-29-23-25-21(30)22(32-23)28-27-16-7-3-2-4-8-16/h2-13,24,30H,1H3,(H,25,29). The number of aromatic hydroxyl groups is 1. The predicted octanol–water partition coefficient (Wildman–Crippen LogP) is 7.31. The third-order valence-corrected chi connectivity index (χ3v) is 6.68. The molecule has 1 aromatic heterocycles. The van der Waals surface area contributed by atoms with E-state index < -0.39 is 0 Å². The average Bonchev–Trinajstić information content (AvgIpc) is 3.19. The molecule has 3 N–H and O–H groups in total. The molecule has 0 aliphatic carbocycles. The van der Waals surface area contributed by atoms with Crippen molar-refractivity contribution < 1.29 is 5.11 Å². The fraction of sp³-hybridized carbons (Fsp3) is 0.0435. The van der Waals surface area contributed by atoms with Crippen LogP contribution in [0.3, 0.4) is 0 Å². The summed E-state index contributed by atoms with van der Waals surface area (Å²) >= 11 is 2.92. The second kappa shape index (κ2) is 8.81. The second-order valence-electron chi connectivity index (χ2n) is 6.93. The zero-order valence-electron chi connectivity index (χ0n) is 17.0. The van der Waals surface area contributed by atoms with E-state index in [4.69, 9.17) is 0 Å². The maximum Gasteiger partial charge on any atom is 0.253 e. The summed E-state index contributed by atoms with van der Waals surface area (Å²) in [5, 5.41) is 26.9. The summed E-state index contributed by atoms with van der Waals surface area (Å²) in [7, 11) is 0. The SMILES string of the molecule is CC(=NNc1nc(O)c(N=Nc2ccccc2)s1)c1ccc2c(c1)Nc1ccccc1S2. The third-order valence-electron chi connectivity index (χ3n) is 4.70. The van der Waals surface area contributed by atoms with E-state index >= 15 is 0 Å². The fourth-order valence-corrected chi connectivity index (χ4v) is 4.67. The van der Waals surface area contributed by atoms with E-state index in [-0.39, 0.29) is 5.88 Å². The zero-order valence-corrected chi connectivity index (χ0v) is 18.6. The number of fused-ring (bicyclic) bond motifs is 2. The van der Waals surface area contributed by atoms with Crippen LogP contribution in [0.4, 0.5) is 27.2 Å². The molecule has 1 aliphatic heterocycles. The summed E-state index contributed by atoms with van der Waals surface area (Å²) < 4.78 is 0. The van der Waals surface area contributed by atoms with E-state index in [0.29, 0.717) is 15.8 Å². The van der Waals surface area contributed by atoms with Gasteiger partial charge >= 0.3 is 0 Å². The highest BCUT2D eigenvalue weighted by Gasteiger charge is 2.16. The van der Waals surface area contributed by atoms with Gasteiger partial charge < -0.3 is 10.4 Å². The monoisotopic (exact) mass is 458 g/mol. The van der Waals surface area contributed by atoms with Crippen molar-refractivity contribution >= 4 is 56.0 Å². The Kier molecular flexibility index (Phi) is 5.57. The van der Waals surface area contributed by atoms with Gasteiger partial charge in [0.2, 0.25) is 10.1 Å². The normalized spacial score (nSPS) is 12.8. The average molecular weight is 459 g/mol. The molecule has 0 saturated carbocycles. The quantitative estimate of drug-likeness (QED) is 0.146. The highest BCUT2D eigenvalue weighted by molar-refractivity contribution is 7.99. The molecule has 4 aromatic rings. The lowest BCUT2D eigenvalue weighted by atomic mass is 10.1. The van der Waals surface area contributed by atoms with Crippen molar-refractivity contribution in [2.45, 2.75) is 16.7 Å². The van der Waals surface area contributed by atoms with Crippen LogP contribution in [0, 0.1) is 0 Å². The van der Waals surface area contributed by atoms with Crippen LogP contribution in [0.1, 0.15) is 12.5 Å². The van der Waals surface area contributed by atoms with Crippen molar-refractivity contribution in [2.24, 2.45) is 15.3 Å². The van der Waals surface area contributed by atoms with Crippen LogP contribution in [0.5, 0.6) is 5.88 Å². The Morgan fingerprint density at radius 1 is 0.938 bits per heavy atom. The molecule has 2 heterocycles. The van der Waals surface area contributed by atoms with E-state index in [1.165, 1.54) is 21.1 Å². The van der Waals surface area contributed by atoms with Crippen molar-refractivity contribution in [1.82, 2.24) is 4.98 Å². The first-order valence-corrected chi connectivity index (χ1v) is 11.4. The minimum Gasteiger partial charge on any atom is -0.491 e. The highest BCUT2D eigenvalue weighted by Crippen LogP contribution is 2.44. The van der Waals surface area contributed by atoms with E-state index in [0.717, 1.165) is 22.6 Å². The molecule has 32 heavy (non-hydrogen) atoms. The largest absolute Gasteiger partial charge is 0.491 e. The van der Waals surface area contributed by atoms with Crippen LogP contribution < -0.4 is 10.7 Å². The van der Waals surface area contributed by atoms with Crippen LogP contribution in [0.15, 0.2) is 97.9 Å². The van der Waals surface area contributed by atoms with Gasteiger partial charge in [-0.05, 0) is 48.9 Å². The van der Waals surface area contributed by atoms with Crippen LogP contribution >= 0.6 is 23.1 Å². The summed E-state index contributed by atoms with van der Waals surface area (Å²) in [5.41, 5.74) is 7.53. The topological polar surface area (TPSA) is 94.3 Å². The van der Waals surface area contributed by atoms with Crippen LogP contribution in [-0.4, -0.2) is 15.8 Å². The third kappa shape index (κ3) is 4.34. The number of aromatic nitrogens is 1. The van der Waals surface area contributed by atoms with Crippen molar-refractivity contribution in [3.63, 3.8) is 0 Å². The summed E-state index contributed by atoms with van der Waals surface area (Å²) in [6.45, 7) is 1.92. The number of benzene rings is 3. The van der Waals surface area contributed by atoms with Gasteiger partial charge in [-0.3, -0.25) is 5.43 Å². The number of azo groups is 1. The smallest absolute Gasteiger partial charge is 0.253 e. The van der Waals surface area contributed by atoms with Crippen LogP contribution in [0.2, 0.25) is 0 Å². The Morgan fingerprint density at radius 3 is 2.59 bits per heavy atom. The van der Waals surface area contributed by atoms with E-state index in [9.17, 15) is 5.11 Å². The Hall–Kier alpha value is -3.69. The van der Waals surface area contributed by atoms with Gasteiger partial charge in [0.05, 0.1) is 22.8 Å². The number of hydrogen-bond donors (Lipinski definition) is 3. The molecule has 3 aromatic carbocycles. The highest BCUT2D eigenvalue weighted by atomic mass is 32.2. The van der Waals surface area contributed by atoms with E-state index in [1.807, 2.05) is 55.5 Å². The van der Waals surface area contributed by atoms with Gasteiger partial charge in [0.25, 0.3) is 5.88 Å². The molecule has 0 radical (unpaired) electrons. The Morgan fingerprint density at radius 2 is 1.72 bits per heavy atom. The van der Waals surface area contributed by atoms with Crippen LogP contribution in [0.25, 0.3) is 0 Å². The first-order valence-electron chi connectivity index (χ1n) is 9.81. The molecule has 9 heteroatoms. The van der Waals surface area contributed by atoms with Gasteiger partial charge in [0.15, 0.2) is 0 Å². The lowest BCUT2D eigenvalue weighted by Crippen LogP contribution is -2.04. The van der Waals surface area contributed by atoms with Gasteiger partial charge in [0.1, 0.15) is 0 Å². The summed E-state index contributed by atoms with van der Waals surface area (Å²) in [6, 6.07) is 23.8. The Bertz CT molecular complexity index is 1330. The lowest BCUT2D eigenvalue weighted by Gasteiger charge is -2.21. The summed E-state index contributed by atoms with van der Waals surface area (Å²) in [4.78, 5) is 6.45. The molecular formula is C23H18N6OS2. The fourth-order valence-electron chi connectivity index (χ4n) is 3.08. The Balaban J connectivity index is 1.30. The minimum absolute atomic E-state index is 0.182. The molecule has 7 nitrogen and oxygen atoms in total. The van der Waals surface area contributed by atoms with Gasteiger partial charge in [-0.2, -0.15) is 10.1 Å². The number of hydrazone groups is 1. The Labute approximate surface area is 193 Å². The van der Waals surface area contributed by atoms with Gasteiger partial charge in [-0.1, -0.05) is 59.5 Å². The maximum absolute atomic E-state index is 10.1. The molecular weight excluding hydrogens is 440 g/mol. The van der Waals surface area contributed by atoms with E-state index in [1.54, 1.807) is 11.8 Å². The van der Waals surface area contributed by atoms with Gasteiger partial charge in [-0.15, -0.1) is 10.2 Å². The molecule has 0 saturated heterocycles. The molecule has 0 spiro atoms. The first kappa shape index (κ1) is 20.2. The van der Waals surface area contributed by atoms with Crippen molar-refractivity contribution in [3.8, 4) is 5.88 Å². The van der Waals surface area contributed by atoms with E-state index in [2.05, 4.69) is 55.3 Å². The molecule has 158 valence electrons. The molecule has 5 rings (SSSR count). The number of para-hydroxylation sites is 1. The molecule has 0 unspecified atom stereocenters. The number of rotatable bonds is 5. The van der Waals surface area contributed by atoms with Gasteiger partial charge in [-0.25, -0.2) is 0 Å². The molecule has 0 atom stereocenters. The number of nitrogens with one attached hydrogen (secondary N) is 2. The molecule has 0 fully saturated rings. The maximum atomic E-state index is 10.1. The number of nitrogens with zero attached hydrogens (tertiary/aromatic N) is 4. The predicted molar refractivity (Wildman–Crippen MR) is 131 cm³/mol. The zero-order chi connectivity index (χ0) is 21.9. The lowest BCUT2D eigenvalue weighted by molar-refractivity contribution is 0.459. The molecule has 1 aliphatic rings. The first-order chi connectivity index (χ1) is 15.7. The number of anilines is 3.